The lowest BCUT2D eigenvalue weighted by molar-refractivity contribution is -0.137. The third-order valence-corrected chi connectivity index (χ3v) is 8.16. The fourth-order valence-electron chi connectivity index (χ4n) is 4.13. The molecule has 4 heterocycles. The van der Waals surface area contributed by atoms with Crippen molar-refractivity contribution in [2.45, 2.75) is 24.0 Å². The van der Waals surface area contributed by atoms with Gasteiger partial charge < -0.3 is 9.80 Å². The van der Waals surface area contributed by atoms with Gasteiger partial charge in [0.25, 0.3) is 5.91 Å². The Hall–Kier alpha value is -3.29. The van der Waals surface area contributed by atoms with E-state index in [0.29, 0.717) is 46.1 Å². The molecule has 0 spiro atoms. The van der Waals surface area contributed by atoms with Crippen LogP contribution in [0.25, 0.3) is 17.1 Å². The molecule has 3 aromatic heterocycles. The number of nitrogens with zero attached hydrogens (tertiary/aromatic N) is 7. The fraction of sp³-hybridized carbons (Fsp3) is 0.320. The molecule has 0 aliphatic carbocycles. The van der Waals surface area contributed by atoms with Gasteiger partial charge >= 0.3 is 6.18 Å². The summed E-state index contributed by atoms with van der Waals surface area (Å²) in [6, 6.07) is 8.55. The first-order valence-electron chi connectivity index (χ1n) is 12.0. The van der Waals surface area contributed by atoms with Crippen LogP contribution < -0.4 is 0 Å². The largest absolute Gasteiger partial charge is 0.416 e. The van der Waals surface area contributed by atoms with E-state index >= 15 is 0 Å². The Labute approximate surface area is 225 Å². The molecule has 4 aromatic rings. The van der Waals surface area contributed by atoms with Gasteiger partial charge in [0.15, 0.2) is 11.0 Å². The number of hydrogen-bond donors (Lipinski definition) is 0. The van der Waals surface area contributed by atoms with Gasteiger partial charge in [0, 0.05) is 49.5 Å². The second-order valence-electron chi connectivity index (χ2n) is 8.57. The second-order valence-corrected chi connectivity index (χ2v) is 10.5. The van der Waals surface area contributed by atoms with E-state index in [0.717, 1.165) is 31.8 Å². The molecule has 0 bridgehead atoms. The molecule has 0 N–H and O–H groups in total. The number of amides is 1. The highest BCUT2D eigenvalue weighted by atomic mass is 32.2. The number of hydrogen-bond acceptors (Lipinski definition) is 8. The zero-order chi connectivity index (χ0) is 26.7. The van der Waals surface area contributed by atoms with E-state index in [-0.39, 0.29) is 11.6 Å². The normalized spacial score (nSPS) is 14.7. The van der Waals surface area contributed by atoms with Crippen LogP contribution in [-0.2, 0) is 11.9 Å². The van der Waals surface area contributed by atoms with E-state index in [1.165, 1.54) is 29.2 Å². The van der Waals surface area contributed by atoms with E-state index < -0.39 is 11.7 Å². The van der Waals surface area contributed by atoms with Gasteiger partial charge in [0.1, 0.15) is 10.7 Å². The molecule has 0 saturated carbocycles. The van der Waals surface area contributed by atoms with Gasteiger partial charge in [-0.25, -0.2) is 4.98 Å². The summed E-state index contributed by atoms with van der Waals surface area (Å²) in [4.78, 5) is 25.7. The molecule has 1 amide bonds. The fourth-order valence-corrected chi connectivity index (χ4v) is 5.87. The average Bonchev–Trinajstić information content (AvgIpc) is 3.59. The van der Waals surface area contributed by atoms with Gasteiger partial charge in [-0.05, 0) is 36.9 Å². The lowest BCUT2D eigenvalue weighted by Gasteiger charge is -2.33. The number of carbonyl (C=O) groups is 1. The number of alkyl halides is 3. The molecule has 5 rings (SSSR count). The lowest BCUT2D eigenvalue weighted by Crippen LogP contribution is -2.48. The van der Waals surface area contributed by atoms with E-state index in [1.54, 1.807) is 40.5 Å². The molecular weight excluding hydrogens is 535 g/mol. The van der Waals surface area contributed by atoms with Crippen LogP contribution in [0.2, 0.25) is 0 Å². The topological polar surface area (TPSA) is 80.0 Å². The summed E-state index contributed by atoms with van der Waals surface area (Å²) in [7, 11) is 0. The molecule has 1 saturated heterocycles. The first kappa shape index (κ1) is 26.3. The Morgan fingerprint density at radius 2 is 1.92 bits per heavy atom. The summed E-state index contributed by atoms with van der Waals surface area (Å²) < 4.78 is 41.9. The van der Waals surface area contributed by atoms with Crippen LogP contribution in [0, 0.1) is 0 Å². The highest BCUT2D eigenvalue weighted by Gasteiger charge is 2.31. The van der Waals surface area contributed by atoms with E-state index in [4.69, 9.17) is 0 Å². The van der Waals surface area contributed by atoms with Gasteiger partial charge in [-0.15, -0.1) is 21.5 Å². The molecule has 1 aliphatic rings. The smallest absolute Gasteiger partial charge is 0.335 e. The molecule has 0 unspecified atom stereocenters. The van der Waals surface area contributed by atoms with Crippen LogP contribution >= 0.6 is 23.1 Å². The predicted octanol–water partition coefficient (Wildman–Crippen LogP) is 4.87. The predicted molar refractivity (Wildman–Crippen MR) is 139 cm³/mol. The summed E-state index contributed by atoms with van der Waals surface area (Å²) in [6.45, 7) is 6.11. The molecule has 0 radical (unpaired) electrons. The molecule has 1 aliphatic heterocycles. The maximum Gasteiger partial charge on any atom is 0.416 e. The van der Waals surface area contributed by atoms with Crippen LogP contribution in [-0.4, -0.2) is 73.2 Å². The Kier molecular flexibility index (Phi) is 7.77. The Balaban J connectivity index is 1.38. The molecule has 1 aromatic carbocycles. The molecular formula is C25H24F3N7OS2. The Bertz CT molecular complexity index is 1400. The molecule has 8 nitrogen and oxygen atoms in total. The van der Waals surface area contributed by atoms with Crippen molar-refractivity contribution in [2.75, 3.05) is 32.7 Å². The average molecular weight is 560 g/mol. The number of pyridine rings is 1. The minimum Gasteiger partial charge on any atom is -0.335 e. The summed E-state index contributed by atoms with van der Waals surface area (Å²) >= 11 is 2.66. The lowest BCUT2D eigenvalue weighted by atomic mass is 10.2. The monoisotopic (exact) mass is 559 g/mol. The number of aromatic nitrogens is 5. The van der Waals surface area contributed by atoms with Crippen molar-refractivity contribution >= 4 is 29.0 Å². The SMILES string of the molecule is CCN1CCN(C(=O)c2csc(CSc3nnc(-c4cccnc4)n3-c3cccc(C(F)(F)F)c3)n2)CC1. The van der Waals surface area contributed by atoms with E-state index in [1.807, 2.05) is 4.90 Å². The number of halogens is 3. The number of thiazole rings is 1. The van der Waals surface area contributed by atoms with Crippen LogP contribution in [0.4, 0.5) is 13.2 Å². The van der Waals surface area contributed by atoms with Gasteiger partial charge in [0.05, 0.1) is 17.0 Å². The maximum absolute atomic E-state index is 13.4. The maximum atomic E-state index is 13.4. The van der Waals surface area contributed by atoms with Crippen LogP contribution in [0.3, 0.4) is 0 Å². The van der Waals surface area contributed by atoms with Crippen molar-refractivity contribution in [1.29, 1.82) is 0 Å². The van der Waals surface area contributed by atoms with Crippen molar-refractivity contribution in [1.82, 2.24) is 34.5 Å². The third-order valence-electron chi connectivity index (χ3n) is 6.19. The number of benzene rings is 1. The van der Waals surface area contributed by atoms with Crippen LogP contribution in [0.15, 0.2) is 59.3 Å². The number of piperazine rings is 1. The number of likely N-dealkylation sites (N-methyl/N-ethyl adjacent to an activating group) is 1. The zero-order valence-electron chi connectivity index (χ0n) is 20.4. The van der Waals surface area contributed by atoms with Crippen molar-refractivity contribution in [3.8, 4) is 17.1 Å². The summed E-state index contributed by atoms with van der Waals surface area (Å²) in [6.07, 6.45) is -1.30. The van der Waals surface area contributed by atoms with Crippen molar-refractivity contribution in [3.63, 3.8) is 0 Å². The zero-order valence-corrected chi connectivity index (χ0v) is 22.1. The van der Waals surface area contributed by atoms with Gasteiger partial charge in [-0.1, -0.05) is 24.8 Å². The number of thioether (sulfide) groups is 1. The highest BCUT2D eigenvalue weighted by molar-refractivity contribution is 7.98. The van der Waals surface area contributed by atoms with Crippen LogP contribution in [0.5, 0.6) is 0 Å². The van der Waals surface area contributed by atoms with Gasteiger partial charge in [0.2, 0.25) is 0 Å². The molecule has 13 heteroatoms. The Morgan fingerprint density at radius 3 is 2.63 bits per heavy atom. The minimum atomic E-state index is -4.49. The number of carbonyl (C=O) groups excluding carboxylic acids is 1. The van der Waals surface area contributed by atoms with Gasteiger partial charge in [-0.2, -0.15) is 13.2 Å². The highest BCUT2D eigenvalue weighted by Crippen LogP contribution is 2.34. The number of rotatable bonds is 7. The third kappa shape index (κ3) is 5.74. The quantitative estimate of drug-likeness (QED) is 0.299. The Morgan fingerprint density at radius 1 is 1.11 bits per heavy atom. The summed E-state index contributed by atoms with van der Waals surface area (Å²) in [5, 5.41) is 11.4. The molecule has 38 heavy (non-hydrogen) atoms. The molecule has 0 atom stereocenters. The summed E-state index contributed by atoms with van der Waals surface area (Å²) in [5.74, 6) is 0.673. The standard InChI is InChI=1S/C25H24F3N7OS2/c1-2-33-9-11-34(12-10-33)23(36)20-15-37-21(30-20)16-38-24-32-31-22(17-5-4-8-29-14-17)35(24)19-7-3-6-18(13-19)25(26,27)28/h3-8,13-15H,2,9-12,16H2,1H3. The minimum absolute atomic E-state index is 0.0840. The van der Waals surface area contributed by atoms with Gasteiger partial charge in [-0.3, -0.25) is 14.3 Å². The van der Waals surface area contributed by atoms with Crippen LogP contribution in [0.1, 0.15) is 28.0 Å². The van der Waals surface area contributed by atoms with E-state index in [2.05, 4.69) is 32.0 Å². The first-order chi connectivity index (χ1) is 18.3. The van der Waals surface area contributed by atoms with E-state index in [9.17, 15) is 18.0 Å². The first-order valence-corrected chi connectivity index (χ1v) is 13.8. The second kappa shape index (κ2) is 11.2. The molecule has 1 fully saturated rings. The van der Waals surface area contributed by atoms with Crippen molar-refractivity contribution in [3.05, 3.63) is 70.4 Å². The van der Waals surface area contributed by atoms with Crippen molar-refractivity contribution < 1.29 is 18.0 Å². The van der Waals surface area contributed by atoms with Crippen molar-refractivity contribution in [2.24, 2.45) is 0 Å². The summed E-state index contributed by atoms with van der Waals surface area (Å²) in [5.41, 5.74) is 0.549. The molecule has 198 valence electrons.